The van der Waals surface area contributed by atoms with E-state index >= 15 is 0 Å². The second-order valence-electron chi connectivity index (χ2n) is 6.26. The fourth-order valence-corrected chi connectivity index (χ4v) is 3.81. The lowest BCUT2D eigenvalue weighted by molar-refractivity contribution is -0.138. The molecule has 1 unspecified atom stereocenters. The Kier molecular flexibility index (Phi) is 11.5. The van der Waals surface area contributed by atoms with Crippen molar-refractivity contribution < 1.29 is 14.7 Å². The molecule has 0 fully saturated rings. The van der Waals surface area contributed by atoms with Gasteiger partial charge in [0, 0.05) is 11.7 Å². The van der Waals surface area contributed by atoms with Gasteiger partial charge in [-0.1, -0.05) is 33.5 Å². The average Bonchev–Trinajstić information content (AvgIpc) is 2.39. The number of rotatable bonds is 11. The number of hydrogen-bond donors (Lipinski definition) is 2. The number of carboxylic acids is 1. The van der Waals surface area contributed by atoms with Crippen LogP contribution in [0.4, 0.5) is 0 Å². The van der Waals surface area contributed by atoms with Crippen LogP contribution in [0.2, 0.25) is 5.82 Å². The maximum atomic E-state index is 12.1. The van der Waals surface area contributed by atoms with Crippen molar-refractivity contribution in [2.24, 2.45) is 0 Å². The molecule has 2 N–H and O–H groups in total. The van der Waals surface area contributed by atoms with E-state index in [1.807, 2.05) is 27.7 Å². The molecular weight excluding hydrogens is 331 g/mol. The molecule has 0 saturated carbocycles. The molecule has 0 aliphatic rings. The Hall–Kier alpha value is -0.625. The fraction of sp³-hybridized carbons (Fsp3) is 0.800. The Balaban J connectivity index is 4.20. The highest BCUT2D eigenvalue weighted by molar-refractivity contribution is 8.14. The largest absolute Gasteiger partial charge is 0.480 e. The van der Waals surface area contributed by atoms with E-state index in [4.69, 9.17) is 5.41 Å². The molecular formula is C15H29BN2O3S2. The molecule has 132 valence electrons. The van der Waals surface area contributed by atoms with Crippen LogP contribution >= 0.6 is 23.5 Å². The molecule has 0 aromatic rings. The van der Waals surface area contributed by atoms with E-state index < -0.39 is 11.2 Å². The smallest absolute Gasteiger partial charge is 0.317 e. The highest BCUT2D eigenvalue weighted by Gasteiger charge is 2.24. The SMILES string of the molecule is CC(C)BN(C)C(=O)CC(SCCCC(=N)SC(C)C)C(=O)O. The quantitative estimate of drug-likeness (QED) is 0.256. The zero-order valence-corrected chi connectivity index (χ0v) is 16.4. The van der Waals surface area contributed by atoms with Crippen molar-refractivity contribution in [2.45, 2.75) is 63.3 Å². The van der Waals surface area contributed by atoms with Crippen LogP contribution in [-0.4, -0.2) is 57.6 Å². The summed E-state index contributed by atoms with van der Waals surface area (Å²) in [6, 6.07) is 0. The summed E-state index contributed by atoms with van der Waals surface area (Å²) < 4.78 is 0. The Bertz CT molecular complexity index is 406. The zero-order valence-electron chi connectivity index (χ0n) is 14.8. The lowest BCUT2D eigenvalue weighted by Gasteiger charge is -2.20. The molecule has 0 heterocycles. The van der Waals surface area contributed by atoms with Crippen LogP contribution < -0.4 is 0 Å². The molecule has 0 spiro atoms. The van der Waals surface area contributed by atoms with E-state index in [-0.39, 0.29) is 12.3 Å². The van der Waals surface area contributed by atoms with E-state index in [1.165, 1.54) is 23.5 Å². The van der Waals surface area contributed by atoms with Gasteiger partial charge in [-0.05, 0) is 25.6 Å². The van der Waals surface area contributed by atoms with E-state index in [2.05, 4.69) is 0 Å². The van der Waals surface area contributed by atoms with E-state index in [0.717, 1.165) is 6.42 Å². The standard InChI is InChI=1S/C15H29BN2O3S2/c1-10(2)16-18(5)14(19)9-12(15(20)21)22-8-6-7-13(17)23-11(3)4/h10-12,16-17H,6-9H2,1-5H3,(H,20,21). The number of carbonyl (C=O) groups excluding carboxylic acids is 1. The predicted octanol–water partition coefficient (Wildman–Crippen LogP) is 3.10. The normalized spacial score (nSPS) is 12.3. The van der Waals surface area contributed by atoms with Gasteiger partial charge in [0.15, 0.2) is 0 Å². The summed E-state index contributed by atoms with van der Waals surface area (Å²) >= 11 is 2.84. The van der Waals surface area contributed by atoms with Crippen molar-refractivity contribution in [3.05, 3.63) is 0 Å². The third-order valence-corrected chi connectivity index (χ3v) is 5.20. The molecule has 0 rings (SSSR count). The number of amides is 1. The van der Waals surface area contributed by atoms with Crippen LogP contribution in [-0.2, 0) is 9.59 Å². The van der Waals surface area contributed by atoms with Crippen molar-refractivity contribution in [3.8, 4) is 0 Å². The summed E-state index contributed by atoms with van der Waals surface area (Å²) in [5.74, 6) is -0.0434. The molecule has 0 saturated heterocycles. The van der Waals surface area contributed by atoms with E-state index in [1.54, 1.807) is 11.9 Å². The molecule has 0 radical (unpaired) electrons. The Morgan fingerprint density at radius 3 is 2.35 bits per heavy atom. The Labute approximate surface area is 149 Å². The van der Waals surface area contributed by atoms with Crippen LogP contribution in [0.5, 0.6) is 0 Å². The van der Waals surface area contributed by atoms with Crippen LogP contribution in [0.15, 0.2) is 0 Å². The van der Waals surface area contributed by atoms with Gasteiger partial charge in [0.2, 0.25) is 13.3 Å². The fourth-order valence-electron chi connectivity index (χ4n) is 1.98. The molecule has 0 aliphatic heterocycles. The monoisotopic (exact) mass is 360 g/mol. The summed E-state index contributed by atoms with van der Waals surface area (Å²) in [7, 11) is 2.36. The number of nitrogens with one attached hydrogen (secondary N) is 1. The van der Waals surface area contributed by atoms with Crippen molar-refractivity contribution in [2.75, 3.05) is 12.8 Å². The first kappa shape index (κ1) is 22.4. The predicted molar refractivity (Wildman–Crippen MR) is 103 cm³/mol. The molecule has 1 atom stereocenters. The molecule has 0 bridgehead atoms. The zero-order chi connectivity index (χ0) is 18.0. The van der Waals surface area contributed by atoms with Crippen molar-refractivity contribution in [1.82, 2.24) is 4.81 Å². The maximum Gasteiger partial charge on any atom is 0.317 e. The first-order valence-electron chi connectivity index (χ1n) is 7.95. The molecule has 1 amide bonds. The number of hydrogen-bond acceptors (Lipinski definition) is 5. The number of aliphatic carboxylic acids is 1. The van der Waals surface area contributed by atoms with Crippen molar-refractivity contribution >= 4 is 47.9 Å². The lowest BCUT2D eigenvalue weighted by atomic mass is 9.76. The van der Waals surface area contributed by atoms with Crippen molar-refractivity contribution in [3.63, 3.8) is 0 Å². The topological polar surface area (TPSA) is 81.5 Å². The highest BCUT2D eigenvalue weighted by Crippen LogP contribution is 2.20. The van der Waals surface area contributed by atoms with Gasteiger partial charge in [0.1, 0.15) is 5.25 Å². The average molecular weight is 360 g/mol. The van der Waals surface area contributed by atoms with Crippen molar-refractivity contribution in [1.29, 1.82) is 5.41 Å². The minimum Gasteiger partial charge on any atom is -0.480 e. The van der Waals surface area contributed by atoms with Gasteiger partial charge in [0.05, 0.1) is 5.04 Å². The highest BCUT2D eigenvalue weighted by atomic mass is 32.2. The van der Waals surface area contributed by atoms with E-state index in [9.17, 15) is 14.7 Å². The van der Waals surface area contributed by atoms with Gasteiger partial charge >= 0.3 is 5.97 Å². The summed E-state index contributed by atoms with van der Waals surface area (Å²) in [6.07, 6.45) is 1.47. The Morgan fingerprint density at radius 1 is 1.26 bits per heavy atom. The molecule has 0 aromatic carbocycles. The molecule has 23 heavy (non-hydrogen) atoms. The third kappa shape index (κ3) is 11.5. The number of nitrogens with zero attached hydrogens (tertiary/aromatic N) is 1. The summed E-state index contributed by atoms with van der Waals surface area (Å²) in [5.41, 5.74) is 0. The lowest BCUT2D eigenvalue weighted by Crippen LogP contribution is -2.35. The second kappa shape index (κ2) is 11.8. The molecule has 5 nitrogen and oxygen atoms in total. The summed E-state index contributed by atoms with van der Waals surface area (Å²) in [5, 5.41) is 17.4. The Morgan fingerprint density at radius 2 is 1.87 bits per heavy atom. The summed E-state index contributed by atoms with van der Waals surface area (Å²) in [4.78, 5) is 25.0. The first-order valence-corrected chi connectivity index (χ1v) is 9.88. The van der Waals surface area contributed by atoms with Crippen LogP contribution in [0.3, 0.4) is 0 Å². The van der Waals surface area contributed by atoms with Gasteiger partial charge < -0.3 is 9.92 Å². The minimum atomic E-state index is -0.937. The number of carboxylic acid groups (broad SMARTS) is 1. The van der Waals surface area contributed by atoms with Crippen LogP contribution in [0.1, 0.15) is 47.0 Å². The van der Waals surface area contributed by atoms with Crippen LogP contribution in [0, 0.1) is 5.41 Å². The van der Waals surface area contributed by atoms with E-state index in [0.29, 0.717) is 35.7 Å². The van der Waals surface area contributed by atoms with Gasteiger partial charge in [-0.3, -0.25) is 15.0 Å². The van der Waals surface area contributed by atoms with Gasteiger partial charge in [-0.25, -0.2) is 0 Å². The van der Waals surface area contributed by atoms with Gasteiger partial charge in [0.25, 0.3) is 0 Å². The van der Waals surface area contributed by atoms with Gasteiger partial charge in [-0.15, -0.1) is 23.5 Å². The van der Waals surface area contributed by atoms with Gasteiger partial charge in [-0.2, -0.15) is 0 Å². The summed E-state index contributed by atoms with van der Waals surface area (Å²) in [6.45, 7) is 8.15. The van der Waals surface area contributed by atoms with Crippen LogP contribution in [0.25, 0.3) is 0 Å². The second-order valence-corrected chi connectivity index (χ2v) is 9.25. The molecule has 0 aromatic heterocycles. The maximum absolute atomic E-state index is 12.1. The number of thioether (sulfide) groups is 2. The number of carbonyl (C=O) groups is 2. The third-order valence-electron chi connectivity index (χ3n) is 2.95. The first-order chi connectivity index (χ1) is 10.6. The molecule has 8 heteroatoms. The molecule has 0 aliphatic carbocycles. The minimum absolute atomic E-state index is 0.0292.